The lowest BCUT2D eigenvalue weighted by atomic mass is 9.75. The summed E-state index contributed by atoms with van der Waals surface area (Å²) in [6.45, 7) is 3.76. The average Bonchev–Trinajstić information content (AvgIpc) is 3.94. The second kappa shape index (κ2) is 11.6. The summed E-state index contributed by atoms with van der Waals surface area (Å²) in [7, 11) is 1.92. The number of fused-ring (bicyclic) bond motifs is 2. The number of nitrogens with zero attached hydrogens (tertiary/aromatic N) is 4. The van der Waals surface area contributed by atoms with Gasteiger partial charge in [-0.15, -0.1) is 0 Å². The summed E-state index contributed by atoms with van der Waals surface area (Å²) >= 11 is 6.68. The van der Waals surface area contributed by atoms with Crippen molar-refractivity contribution in [2.24, 2.45) is 18.9 Å². The maximum Gasteiger partial charge on any atom is 0.409 e. The number of nitrogens with one attached hydrogen (secondary N) is 1. The van der Waals surface area contributed by atoms with E-state index in [1.807, 2.05) is 47.8 Å². The molecule has 0 bridgehead atoms. The highest BCUT2D eigenvalue weighted by atomic mass is 35.5. The van der Waals surface area contributed by atoms with Crippen LogP contribution in [0.2, 0.25) is 5.02 Å². The number of carbonyl (C=O) groups excluding carboxylic acids is 2. The van der Waals surface area contributed by atoms with Gasteiger partial charge in [-0.2, -0.15) is 0 Å². The quantitative estimate of drug-likeness (QED) is 0.316. The molecule has 3 aliphatic carbocycles. The van der Waals surface area contributed by atoms with E-state index >= 15 is 0 Å². The summed E-state index contributed by atoms with van der Waals surface area (Å²) in [5, 5.41) is 3.78. The van der Waals surface area contributed by atoms with Crippen LogP contribution in [0.4, 0.5) is 9.59 Å². The zero-order chi connectivity index (χ0) is 30.4. The zero-order valence-electron chi connectivity index (χ0n) is 25.2. The lowest BCUT2D eigenvalue weighted by Gasteiger charge is -2.36. The Morgan fingerprint density at radius 2 is 1.95 bits per heavy atom. The fourth-order valence-electron chi connectivity index (χ4n) is 6.56. The number of hydrogen-bond donors (Lipinski definition) is 1. The highest BCUT2D eigenvalue weighted by Gasteiger charge is 2.43. The summed E-state index contributed by atoms with van der Waals surface area (Å²) < 4.78 is 13.3. The third kappa shape index (κ3) is 5.94. The van der Waals surface area contributed by atoms with Crippen molar-refractivity contribution in [3.8, 4) is 0 Å². The first-order valence-corrected chi connectivity index (χ1v) is 16.0. The number of piperidine rings is 1. The molecule has 0 radical (unpaired) electrons. The van der Waals surface area contributed by atoms with Gasteiger partial charge in [-0.3, -0.25) is 4.98 Å². The van der Waals surface area contributed by atoms with Crippen molar-refractivity contribution >= 4 is 35.4 Å². The minimum Gasteiger partial charge on any atom is -0.449 e. The normalized spacial score (nSPS) is 21.3. The van der Waals surface area contributed by atoms with Crippen LogP contribution in [0.25, 0.3) is 11.6 Å². The predicted molar refractivity (Wildman–Crippen MR) is 167 cm³/mol. The Balaban J connectivity index is 1.25. The summed E-state index contributed by atoms with van der Waals surface area (Å²) in [4.78, 5) is 37.2. The van der Waals surface area contributed by atoms with Gasteiger partial charge in [-0.1, -0.05) is 23.7 Å². The van der Waals surface area contributed by atoms with E-state index in [9.17, 15) is 9.59 Å². The molecule has 1 aliphatic heterocycles. The van der Waals surface area contributed by atoms with Gasteiger partial charge < -0.3 is 24.3 Å². The molecule has 4 aliphatic rings. The number of aryl methyl sites for hydroxylation is 1. The Kier molecular flexibility index (Phi) is 7.60. The van der Waals surface area contributed by atoms with E-state index in [2.05, 4.69) is 28.5 Å². The van der Waals surface area contributed by atoms with Crippen LogP contribution in [-0.2, 0) is 16.5 Å². The van der Waals surface area contributed by atoms with E-state index in [0.29, 0.717) is 30.6 Å². The Labute approximate surface area is 262 Å². The van der Waals surface area contributed by atoms with Crippen LogP contribution < -0.4 is 5.32 Å². The van der Waals surface area contributed by atoms with Gasteiger partial charge in [0, 0.05) is 37.3 Å². The highest BCUT2D eigenvalue weighted by Crippen LogP contribution is 2.48. The van der Waals surface area contributed by atoms with Crippen LogP contribution in [0.3, 0.4) is 0 Å². The lowest BCUT2D eigenvalue weighted by Crippen LogP contribution is -2.40. The summed E-state index contributed by atoms with van der Waals surface area (Å²) in [6, 6.07) is 9.49. The Morgan fingerprint density at radius 1 is 1.16 bits per heavy atom. The van der Waals surface area contributed by atoms with Crippen LogP contribution in [-0.4, -0.2) is 56.9 Å². The van der Waals surface area contributed by atoms with Crippen molar-refractivity contribution in [3.05, 3.63) is 82.2 Å². The second-order valence-corrected chi connectivity index (χ2v) is 13.4. The SMILES string of the molecule is Cn1cncc1C(NC(=O)OC1(C)CC1)C1=Cc2cccnc2C(C2CCN(C(=O)OCC3CC3)CC2)c2ccc(Cl)cc21. The third-order valence-electron chi connectivity index (χ3n) is 9.56. The molecule has 2 saturated carbocycles. The predicted octanol–water partition coefficient (Wildman–Crippen LogP) is 6.73. The number of benzene rings is 1. The summed E-state index contributed by atoms with van der Waals surface area (Å²) in [6.07, 6.45) is 12.5. The average molecular weight is 616 g/mol. The molecule has 10 heteroatoms. The number of aromatic nitrogens is 3. The monoisotopic (exact) mass is 615 g/mol. The molecule has 2 unspecified atom stereocenters. The Bertz CT molecular complexity index is 1600. The van der Waals surface area contributed by atoms with E-state index in [-0.39, 0.29) is 17.9 Å². The van der Waals surface area contributed by atoms with Gasteiger partial charge in [0.2, 0.25) is 0 Å². The van der Waals surface area contributed by atoms with Crippen molar-refractivity contribution in [1.29, 1.82) is 0 Å². The van der Waals surface area contributed by atoms with Crippen molar-refractivity contribution in [3.63, 3.8) is 0 Å². The molecule has 2 aromatic heterocycles. The van der Waals surface area contributed by atoms with E-state index in [4.69, 9.17) is 26.1 Å². The van der Waals surface area contributed by atoms with Gasteiger partial charge in [-0.05, 0) is 104 Å². The highest BCUT2D eigenvalue weighted by molar-refractivity contribution is 6.30. The van der Waals surface area contributed by atoms with Crippen LogP contribution >= 0.6 is 11.6 Å². The second-order valence-electron chi connectivity index (χ2n) is 13.0. The van der Waals surface area contributed by atoms with Gasteiger partial charge in [0.1, 0.15) is 5.60 Å². The number of alkyl carbamates (subject to hydrolysis) is 1. The minimum atomic E-state index is -0.551. The molecule has 1 aromatic carbocycles. The standard InChI is InChI=1S/C34H38ClN5O4/c1-34(11-12-34)44-32(41)38-31(28-18-36-20-39(28)2)27-16-23-4-3-13-37-30(23)29(25-8-7-24(35)17-26(25)27)22-9-14-40(15-10-22)33(42)43-19-21-5-6-21/h3-4,7-8,13,16-18,20-22,29,31H,5-6,9-12,14-15,19H2,1-2H3,(H,38,41). The van der Waals surface area contributed by atoms with Crippen LogP contribution in [0.1, 0.15) is 85.5 Å². The molecule has 1 saturated heterocycles. The molecule has 9 nitrogen and oxygen atoms in total. The van der Waals surface area contributed by atoms with Crippen molar-refractivity contribution in [2.45, 2.75) is 63.0 Å². The Hall–Kier alpha value is -3.85. The first-order valence-electron chi connectivity index (χ1n) is 15.6. The number of likely N-dealkylation sites (tertiary alicyclic amines) is 1. The molecule has 44 heavy (non-hydrogen) atoms. The fraction of sp³-hybridized carbons (Fsp3) is 0.471. The van der Waals surface area contributed by atoms with E-state index in [1.54, 1.807) is 12.5 Å². The number of hydrogen-bond acceptors (Lipinski definition) is 6. The van der Waals surface area contributed by atoms with Crippen molar-refractivity contribution in [1.82, 2.24) is 24.8 Å². The van der Waals surface area contributed by atoms with Gasteiger partial charge >= 0.3 is 12.2 Å². The van der Waals surface area contributed by atoms with Crippen LogP contribution in [0.5, 0.6) is 0 Å². The zero-order valence-corrected chi connectivity index (χ0v) is 25.9. The molecular weight excluding hydrogens is 578 g/mol. The third-order valence-corrected chi connectivity index (χ3v) is 9.80. The number of pyridine rings is 1. The van der Waals surface area contributed by atoms with Crippen molar-refractivity contribution in [2.75, 3.05) is 19.7 Å². The molecule has 2 amide bonds. The molecule has 0 spiro atoms. The summed E-state index contributed by atoms with van der Waals surface area (Å²) in [5.41, 5.74) is 5.32. The van der Waals surface area contributed by atoms with Gasteiger partial charge in [0.05, 0.1) is 36.6 Å². The van der Waals surface area contributed by atoms with Crippen LogP contribution in [0, 0.1) is 11.8 Å². The first-order chi connectivity index (χ1) is 21.3. The number of halogens is 1. The number of rotatable bonds is 7. The topological polar surface area (TPSA) is 98.6 Å². The van der Waals surface area contributed by atoms with E-state index in [0.717, 1.165) is 72.2 Å². The van der Waals surface area contributed by atoms with Crippen molar-refractivity contribution < 1.29 is 19.1 Å². The number of imidazole rings is 1. The molecule has 3 fully saturated rings. The van der Waals surface area contributed by atoms with Crippen LogP contribution in [0.15, 0.2) is 49.1 Å². The van der Waals surface area contributed by atoms with E-state index in [1.165, 1.54) is 0 Å². The molecule has 3 aromatic rings. The molecule has 2 atom stereocenters. The van der Waals surface area contributed by atoms with Gasteiger partial charge in [-0.25, -0.2) is 14.6 Å². The largest absolute Gasteiger partial charge is 0.449 e. The van der Waals surface area contributed by atoms with Gasteiger partial charge in [0.15, 0.2) is 0 Å². The molecule has 1 N–H and O–H groups in total. The number of carbonyl (C=O) groups is 2. The number of ether oxygens (including phenoxy) is 2. The molecular formula is C34H38ClN5O4. The Morgan fingerprint density at radius 3 is 2.66 bits per heavy atom. The van der Waals surface area contributed by atoms with E-state index < -0.39 is 17.7 Å². The number of amides is 2. The smallest absolute Gasteiger partial charge is 0.409 e. The van der Waals surface area contributed by atoms with Gasteiger partial charge in [0.25, 0.3) is 0 Å². The molecule has 230 valence electrons. The maximum absolute atomic E-state index is 13.3. The molecule has 3 heterocycles. The minimum absolute atomic E-state index is 0.0265. The maximum atomic E-state index is 13.3. The lowest BCUT2D eigenvalue weighted by molar-refractivity contribution is 0.0825. The summed E-state index contributed by atoms with van der Waals surface area (Å²) in [5.74, 6) is 0.756. The molecule has 7 rings (SSSR count). The first kappa shape index (κ1) is 28.9. The fourth-order valence-corrected chi connectivity index (χ4v) is 6.73.